The number of halogens is 1. The van der Waals surface area contributed by atoms with Gasteiger partial charge in [-0.3, -0.25) is 0 Å². The van der Waals surface area contributed by atoms with Crippen LogP contribution >= 0.6 is 15.9 Å². The molecule has 5 heteroatoms. The SMILES string of the molecule is CCOC(=O)N1CCOC(c2ccc(Br)cc2)C1. The van der Waals surface area contributed by atoms with Crippen molar-refractivity contribution in [3.8, 4) is 0 Å². The fourth-order valence-corrected chi connectivity index (χ4v) is 2.17. The standard InChI is InChI=1S/C13H16BrNO3/c1-2-17-13(16)15-7-8-18-12(9-15)10-3-5-11(14)6-4-10/h3-6,12H,2,7-9H2,1H3. The molecule has 1 saturated heterocycles. The summed E-state index contributed by atoms with van der Waals surface area (Å²) >= 11 is 3.40. The van der Waals surface area contributed by atoms with Crippen LogP contribution in [0.4, 0.5) is 4.79 Å². The van der Waals surface area contributed by atoms with Crippen molar-refractivity contribution in [1.82, 2.24) is 4.90 Å². The van der Waals surface area contributed by atoms with E-state index in [1.54, 1.807) is 4.90 Å². The first-order valence-corrected chi connectivity index (χ1v) is 6.78. The van der Waals surface area contributed by atoms with E-state index in [1.807, 2.05) is 31.2 Å². The monoisotopic (exact) mass is 313 g/mol. The molecule has 4 nitrogen and oxygen atoms in total. The predicted molar refractivity (Wildman–Crippen MR) is 71.4 cm³/mol. The van der Waals surface area contributed by atoms with Crippen LogP contribution < -0.4 is 0 Å². The number of hydrogen-bond acceptors (Lipinski definition) is 3. The van der Waals surface area contributed by atoms with Crippen molar-refractivity contribution in [3.05, 3.63) is 34.3 Å². The molecular weight excluding hydrogens is 298 g/mol. The summed E-state index contributed by atoms with van der Waals surface area (Å²) in [5.74, 6) is 0. The van der Waals surface area contributed by atoms with Crippen molar-refractivity contribution in [3.63, 3.8) is 0 Å². The molecule has 1 amide bonds. The third-order valence-electron chi connectivity index (χ3n) is 2.83. The van der Waals surface area contributed by atoms with E-state index >= 15 is 0 Å². The first-order chi connectivity index (χ1) is 8.70. The summed E-state index contributed by atoms with van der Waals surface area (Å²) < 4.78 is 11.7. The van der Waals surface area contributed by atoms with Gasteiger partial charge in [-0.2, -0.15) is 0 Å². The highest BCUT2D eigenvalue weighted by Crippen LogP contribution is 2.24. The summed E-state index contributed by atoms with van der Waals surface area (Å²) in [6.45, 7) is 3.88. The molecular formula is C13H16BrNO3. The number of rotatable bonds is 2. The topological polar surface area (TPSA) is 38.8 Å². The summed E-state index contributed by atoms with van der Waals surface area (Å²) in [6.07, 6.45) is -0.334. The van der Waals surface area contributed by atoms with Gasteiger partial charge >= 0.3 is 6.09 Å². The van der Waals surface area contributed by atoms with E-state index in [2.05, 4.69) is 15.9 Å². The second-order valence-corrected chi connectivity index (χ2v) is 4.97. The fraction of sp³-hybridized carbons (Fsp3) is 0.462. The molecule has 2 rings (SSSR count). The Morgan fingerprint density at radius 1 is 1.50 bits per heavy atom. The second-order valence-electron chi connectivity index (χ2n) is 4.06. The number of morpholine rings is 1. The highest BCUT2D eigenvalue weighted by molar-refractivity contribution is 9.10. The minimum Gasteiger partial charge on any atom is -0.450 e. The highest BCUT2D eigenvalue weighted by atomic mass is 79.9. The number of nitrogens with zero attached hydrogens (tertiary/aromatic N) is 1. The third kappa shape index (κ3) is 3.23. The normalized spacial score (nSPS) is 19.7. The van der Waals surface area contributed by atoms with Crippen LogP contribution in [0.2, 0.25) is 0 Å². The average molecular weight is 314 g/mol. The maximum atomic E-state index is 11.7. The van der Waals surface area contributed by atoms with E-state index < -0.39 is 0 Å². The van der Waals surface area contributed by atoms with Gasteiger partial charge in [0.05, 0.1) is 19.8 Å². The van der Waals surface area contributed by atoms with Crippen molar-refractivity contribution in [2.24, 2.45) is 0 Å². The Hall–Kier alpha value is -1.07. The van der Waals surface area contributed by atoms with Crippen LogP contribution in [0, 0.1) is 0 Å². The van der Waals surface area contributed by atoms with Crippen molar-refractivity contribution in [2.45, 2.75) is 13.0 Å². The van der Waals surface area contributed by atoms with E-state index in [0.29, 0.717) is 26.3 Å². The van der Waals surface area contributed by atoms with Crippen LogP contribution in [0.5, 0.6) is 0 Å². The van der Waals surface area contributed by atoms with Crippen molar-refractivity contribution >= 4 is 22.0 Å². The van der Waals surface area contributed by atoms with Gasteiger partial charge in [0.1, 0.15) is 6.10 Å². The lowest BCUT2D eigenvalue weighted by Crippen LogP contribution is -2.42. The number of ether oxygens (including phenoxy) is 2. The molecule has 1 aliphatic rings. The molecule has 0 bridgehead atoms. The van der Waals surface area contributed by atoms with Gasteiger partial charge in [0.2, 0.25) is 0 Å². The van der Waals surface area contributed by atoms with Crippen molar-refractivity contribution < 1.29 is 14.3 Å². The molecule has 1 aromatic carbocycles. The van der Waals surface area contributed by atoms with Gasteiger partial charge in [-0.1, -0.05) is 28.1 Å². The molecule has 0 saturated carbocycles. The van der Waals surface area contributed by atoms with E-state index in [0.717, 1.165) is 10.0 Å². The first kappa shape index (κ1) is 13.4. The third-order valence-corrected chi connectivity index (χ3v) is 3.36. The molecule has 0 N–H and O–H groups in total. The molecule has 1 aliphatic heterocycles. The van der Waals surface area contributed by atoms with Gasteiger partial charge < -0.3 is 14.4 Å². The molecule has 18 heavy (non-hydrogen) atoms. The average Bonchev–Trinajstić information content (AvgIpc) is 2.40. The zero-order valence-electron chi connectivity index (χ0n) is 10.3. The Morgan fingerprint density at radius 2 is 2.22 bits per heavy atom. The smallest absolute Gasteiger partial charge is 0.409 e. The number of amides is 1. The van der Waals surface area contributed by atoms with E-state index in [1.165, 1.54) is 0 Å². The molecule has 1 atom stereocenters. The minimum absolute atomic E-state index is 0.0729. The van der Waals surface area contributed by atoms with Crippen LogP contribution in [0.25, 0.3) is 0 Å². The maximum Gasteiger partial charge on any atom is 0.409 e. The van der Waals surface area contributed by atoms with Gasteiger partial charge in [0.25, 0.3) is 0 Å². The zero-order chi connectivity index (χ0) is 13.0. The second kappa shape index (κ2) is 6.20. The number of carbonyl (C=O) groups excluding carboxylic acids is 1. The molecule has 0 radical (unpaired) electrons. The highest BCUT2D eigenvalue weighted by Gasteiger charge is 2.25. The lowest BCUT2D eigenvalue weighted by atomic mass is 10.1. The Labute approximate surface area is 115 Å². The summed E-state index contributed by atoms with van der Waals surface area (Å²) in [6, 6.07) is 7.96. The molecule has 1 heterocycles. The Kier molecular flexibility index (Phi) is 4.60. The molecule has 1 unspecified atom stereocenters. The molecule has 1 aromatic rings. The largest absolute Gasteiger partial charge is 0.450 e. The van der Waals surface area contributed by atoms with Crippen LogP contribution in [-0.2, 0) is 9.47 Å². The molecule has 0 aromatic heterocycles. The number of hydrogen-bond donors (Lipinski definition) is 0. The van der Waals surface area contributed by atoms with Gasteiger partial charge in [-0.05, 0) is 24.6 Å². The lowest BCUT2D eigenvalue weighted by Gasteiger charge is -2.32. The minimum atomic E-state index is -0.261. The van der Waals surface area contributed by atoms with Gasteiger partial charge in [0.15, 0.2) is 0 Å². The summed E-state index contributed by atoms with van der Waals surface area (Å²) in [4.78, 5) is 13.4. The molecule has 0 aliphatic carbocycles. The van der Waals surface area contributed by atoms with E-state index in [-0.39, 0.29) is 12.2 Å². The Morgan fingerprint density at radius 3 is 2.89 bits per heavy atom. The summed E-state index contributed by atoms with van der Waals surface area (Å²) in [5.41, 5.74) is 1.08. The fourth-order valence-electron chi connectivity index (χ4n) is 1.91. The predicted octanol–water partition coefficient (Wildman–Crippen LogP) is 2.98. The molecule has 98 valence electrons. The van der Waals surface area contributed by atoms with Crippen LogP contribution in [0.15, 0.2) is 28.7 Å². The van der Waals surface area contributed by atoms with Crippen LogP contribution in [0.3, 0.4) is 0 Å². The number of carbonyl (C=O) groups is 1. The van der Waals surface area contributed by atoms with E-state index in [9.17, 15) is 4.79 Å². The summed E-state index contributed by atoms with van der Waals surface area (Å²) in [5, 5.41) is 0. The Bertz CT molecular complexity index is 407. The van der Waals surface area contributed by atoms with Crippen LogP contribution in [-0.4, -0.2) is 37.3 Å². The molecule has 1 fully saturated rings. The Balaban J connectivity index is 2.02. The van der Waals surface area contributed by atoms with Crippen LogP contribution in [0.1, 0.15) is 18.6 Å². The van der Waals surface area contributed by atoms with E-state index in [4.69, 9.17) is 9.47 Å². The van der Waals surface area contributed by atoms with Gasteiger partial charge in [-0.25, -0.2) is 4.79 Å². The quantitative estimate of drug-likeness (QED) is 0.842. The van der Waals surface area contributed by atoms with Gasteiger partial charge in [-0.15, -0.1) is 0 Å². The maximum absolute atomic E-state index is 11.7. The molecule has 0 spiro atoms. The van der Waals surface area contributed by atoms with Crippen molar-refractivity contribution in [2.75, 3.05) is 26.3 Å². The summed E-state index contributed by atoms with van der Waals surface area (Å²) in [7, 11) is 0. The first-order valence-electron chi connectivity index (χ1n) is 5.99. The van der Waals surface area contributed by atoms with Gasteiger partial charge in [0, 0.05) is 11.0 Å². The number of benzene rings is 1. The lowest BCUT2D eigenvalue weighted by molar-refractivity contribution is -0.0279. The van der Waals surface area contributed by atoms with Crippen molar-refractivity contribution in [1.29, 1.82) is 0 Å². The zero-order valence-corrected chi connectivity index (χ0v) is 11.9.